The summed E-state index contributed by atoms with van der Waals surface area (Å²) in [6.07, 6.45) is 0.518. The molecule has 3 aromatic rings. The fraction of sp³-hybridized carbons (Fsp3) is 0.0714. The molecule has 2 heterocycles. The number of aromatic hydroxyl groups is 1. The van der Waals surface area contributed by atoms with Gasteiger partial charge in [0.2, 0.25) is 5.88 Å². The van der Waals surface area contributed by atoms with Gasteiger partial charge in [0.25, 0.3) is 0 Å². The molecular weight excluding hydrogens is 441 g/mol. The number of hydrogen-bond donors (Lipinski definition) is 1. The number of furan rings is 1. The molecule has 21 heavy (non-hydrogen) atoms. The van der Waals surface area contributed by atoms with E-state index in [9.17, 15) is 5.11 Å². The molecule has 3 nitrogen and oxygen atoms in total. The van der Waals surface area contributed by atoms with E-state index in [1.54, 1.807) is 16.7 Å². The topological polar surface area (TPSA) is 38.3 Å². The predicted octanol–water partition coefficient (Wildman–Crippen LogP) is 5.42. The third-order valence-corrected chi connectivity index (χ3v) is 5.10. The van der Waals surface area contributed by atoms with Gasteiger partial charge in [-0.05, 0) is 71.2 Å². The minimum absolute atomic E-state index is 0.152. The van der Waals surface area contributed by atoms with Gasteiger partial charge in [0.15, 0.2) is 7.72 Å². The van der Waals surface area contributed by atoms with Crippen molar-refractivity contribution in [1.82, 2.24) is 4.57 Å². The van der Waals surface area contributed by atoms with Crippen LogP contribution in [0.2, 0.25) is 5.02 Å². The Morgan fingerprint density at radius 2 is 1.95 bits per heavy atom. The van der Waals surface area contributed by atoms with Crippen LogP contribution in [0.25, 0.3) is 5.69 Å². The summed E-state index contributed by atoms with van der Waals surface area (Å²) in [5.74, 6) is 0.952. The molecule has 0 aliphatic carbocycles. The van der Waals surface area contributed by atoms with E-state index in [1.807, 2.05) is 24.3 Å². The van der Waals surface area contributed by atoms with Crippen molar-refractivity contribution in [2.45, 2.75) is 6.42 Å². The smallest absolute Gasteiger partial charge is 0.211 e. The third-order valence-electron chi connectivity index (χ3n) is 2.90. The monoisotopic (exact) mass is 449 g/mol. The van der Waals surface area contributed by atoms with Crippen LogP contribution in [-0.4, -0.2) is 9.67 Å². The Bertz CT molecular complexity index is 836. The molecule has 3 rings (SSSR count). The highest BCUT2D eigenvalue weighted by Gasteiger charge is 2.15. The molecule has 1 aromatic carbocycles. The quantitative estimate of drug-likeness (QED) is 0.429. The summed E-state index contributed by atoms with van der Waals surface area (Å²) in [6, 6.07) is 11.0. The molecular formula is C14H9ClINO2S2. The number of nitrogens with zero attached hydrogens (tertiary/aromatic N) is 1. The van der Waals surface area contributed by atoms with Crippen LogP contribution >= 0.6 is 57.7 Å². The molecule has 0 spiro atoms. The van der Waals surface area contributed by atoms with Crippen molar-refractivity contribution < 1.29 is 9.52 Å². The van der Waals surface area contributed by atoms with Crippen LogP contribution in [0.1, 0.15) is 10.6 Å². The predicted molar refractivity (Wildman–Crippen MR) is 95.4 cm³/mol. The SMILES string of the molecule is Oc1c(Cc2ccc(I)o2)sc(=S)n1-c1ccc(Cl)cc1. The minimum atomic E-state index is 0.152. The van der Waals surface area contributed by atoms with Gasteiger partial charge in [-0.3, -0.25) is 4.57 Å². The number of hydrogen-bond acceptors (Lipinski definition) is 4. The summed E-state index contributed by atoms with van der Waals surface area (Å²) in [5.41, 5.74) is 0.790. The molecule has 2 aromatic heterocycles. The van der Waals surface area contributed by atoms with Crippen molar-refractivity contribution >= 4 is 57.7 Å². The van der Waals surface area contributed by atoms with Crippen LogP contribution < -0.4 is 0 Å². The molecule has 1 N–H and O–H groups in total. The van der Waals surface area contributed by atoms with Gasteiger partial charge in [0, 0.05) is 11.4 Å². The first-order valence-corrected chi connectivity index (χ1v) is 8.66. The molecule has 0 unspecified atom stereocenters. The number of halogens is 2. The highest BCUT2D eigenvalue weighted by Crippen LogP contribution is 2.32. The van der Waals surface area contributed by atoms with Gasteiger partial charge in [-0.2, -0.15) is 0 Å². The lowest BCUT2D eigenvalue weighted by Gasteiger charge is -2.05. The highest BCUT2D eigenvalue weighted by molar-refractivity contribution is 14.1. The second-order valence-electron chi connectivity index (χ2n) is 4.31. The lowest BCUT2D eigenvalue weighted by Crippen LogP contribution is -1.93. The van der Waals surface area contributed by atoms with Crippen molar-refractivity contribution in [2.24, 2.45) is 0 Å². The van der Waals surface area contributed by atoms with E-state index >= 15 is 0 Å². The van der Waals surface area contributed by atoms with Crippen LogP contribution in [0.4, 0.5) is 0 Å². The largest absolute Gasteiger partial charge is 0.493 e. The maximum absolute atomic E-state index is 10.4. The zero-order valence-electron chi connectivity index (χ0n) is 10.5. The van der Waals surface area contributed by atoms with E-state index in [1.165, 1.54) is 11.3 Å². The number of aromatic nitrogens is 1. The molecule has 0 bridgehead atoms. The molecule has 0 aliphatic rings. The lowest BCUT2D eigenvalue weighted by atomic mass is 10.3. The van der Waals surface area contributed by atoms with E-state index in [-0.39, 0.29) is 5.88 Å². The standard InChI is InChI=1S/C14H9ClINO2S2/c15-8-1-3-9(4-2-8)17-13(18)11(21-14(17)20)7-10-5-6-12(16)19-10/h1-6,18H,7H2. The van der Waals surface area contributed by atoms with Crippen LogP contribution in [0.3, 0.4) is 0 Å². The van der Waals surface area contributed by atoms with Gasteiger partial charge >= 0.3 is 0 Å². The maximum atomic E-state index is 10.4. The van der Waals surface area contributed by atoms with Gasteiger partial charge in [0.1, 0.15) is 5.76 Å². The second kappa shape index (κ2) is 6.12. The van der Waals surface area contributed by atoms with E-state index in [4.69, 9.17) is 28.2 Å². The van der Waals surface area contributed by atoms with Gasteiger partial charge in [-0.25, -0.2) is 0 Å². The molecule has 7 heteroatoms. The zero-order chi connectivity index (χ0) is 15.0. The van der Waals surface area contributed by atoms with E-state index in [0.717, 1.165) is 20.1 Å². The normalized spacial score (nSPS) is 11.0. The summed E-state index contributed by atoms with van der Waals surface area (Å²) in [6.45, 7) is 0. The summed E-state index contributed by atoms with van der Waals surface area (Å²) < 4.78 is 8.58. The summed E-state index contributed by atoms with van der Waals surface area (Å²) in [5, 5.41) is 11.1. The molecule has 0 saturated carbocycles. The van der Waals surface area contributed by atoms with Crippen LogP contribution in [0.15, 0.2) is 40.8 Å². The number of thiazole rings is 1. The van der Waals surface area contributed by atoms with E-state index in [2.05, 4.69) is 22.6 Å². The molecule has 0 amide bonds. The average Bonchev–Trinajstić information content (AvgIpc) is 2.96. The van der Waals surface area contributed by atoms with Crippen molar-refractivity contribution in [3.8, 4) is 11.6 Å². The summed E-state index contributed by atoms with van der Waals surface area (Å²) in [7, 11) is 0. The van der Waals surface area contributed by atoms with Crippen LogP contribution in [-0.2, 0) is 6.42 Å². The molecule has 0 radical (unpaired) electrons. The Hall–Kier alpha value is -0.830. The molecule has 0 saturated heterocycles. The number of benzene rings is 1. The van der Waals surface area contributed by atoms with E-state index in [0.29, 0.717) is 15.4 Å². The average molecular weight is 450 g/mol. The zero-order valence-corrected chi connectivity index (χ0v) is 15.1. The molecule has 108 valence electrons. The van der Waals surface area contributed by atoms with Crippen LogP contribution in [0.5, 0.6) is 5.88 Å². The Kier molecular flexibility index (Phi) is 4.39. The third kappa shape index (κ3) is 3.18. The van der Waals surface area contributed by atoms with Gasteiger partial charge < -0.3 is 9.52 Å². The Morgan fingerprint density at radius 3 is 2.57 bits per heavy atom. The minimum Gasteiger partial charge on any atom is -0.493 e. The summed E-state index contributed by atoms with van der Waals surface area (Å²) in [4.78, 5) is 0.778. The fourth-order valence-electron chi connectivity index (χ4n) is 1.95. The molecule has 0 atom stereocenters. The highest BCUT2D eigenvalue weighted by atomic mass is 127. The summed E-state index contributed by atoms with van der Waals surface area (Å²) >= 11 is 14.7. The van der Waals surface area contributed by atoms with Crippen molar-refractivity contribution in [2.75, 3.05) is 0 Å². The second-order valence-corrected chi connectivity index (χ2v) is 7.54. The lowest BCUT2D eigenvalue weighted by molar-refractivity contribution is 0.433. The fourth-order valence-corrected chi connectivity index (χ4v) is 3.92. The van der Waals surface area contributed by atoms with Gasteiger partial charge in [-0.1, -0.05) is 11.6 Å². The Balaban J connectivity index is 2.00. The Morgan fingerprint density at radius 1 is 1.24 bits per heavy atom. The van der Waals surface area contributed by atoms with Crippen molar-refractivity contribution in [3.63, 3.8) is 0 Å². The van der Waals surface area contributed by atoms with E-state index < -0.39 is 0 Å². The number of rotatable bonds is 3. The van der Waals surface area contributed by atoms with Gasteiger partial charge in [0.05, 0.1) is 10.6 Å². The first kappa shape index (κ1) is 15.1. The van der Waals surface area contributed by atoms with Crippen molar-refractivity contribution in [1.29, 1.82) is 0 Å². The Labute approximate surface area is 148 Å². The maximum Gasteiger partial charge on any atom is 0.211 e. The first-order valence-electron chi connectivity index (χ1n) is 5.98. The van der Waals surface area contributed by atoms with Crippen molar-refractivity contribution in [3.05, 3.63) is 59.8 Å². The first-order chi connectivity index (χ1) is 10.0. The molecule has 0 fully saturated rings. The molecule has 0 aliphatic heterocycles. The van der Waals surface area contributed by atoms with Crippen LogP contribution in [0, 0.1) is 7.72 Å². The van der Waals surface area contributed by atoms with Gasteiger partial charge in [-0.15, -0.1) is 11.3 Å².